The first kappa shape index (κ1) is 22.5. The van der Waals surface area contributed by atoms with Gasteiger partial charge in [-0.2, -0.15) is 0 Å². The number of nitrogens with one attached hydrogen (secondary N) is 1. The van der Waals surface area contributed by atoms with Crippen molar-refractivity contribution in [2.24, 2.45) is 5.92 Å². The van der Waals surface area contributed by atoms with E-state index in [-0.39, 0.29) is 30.1 Å². The Labute approximate surface area is 184 Å². The number of hydrogen-bond donors (Lipinski definition) is 1. The van der Waals surface area contributed by atoms with E-state index in [2.05, 4.69) is 24.4 Å². The van der Waals surface area contributed by atoms with Gasteiger partial charge in [0, 0.05) is 44.9 Å². The molecule has 2 aromatic rings. The molecule has 0 bridgehead atoms. The number of amides is 3. The summed E-state index contributed by atoms with van der Waals surface area (Å²) in [7, 11) is 3.35. The van der Waals surface area contributed by atoms with Crippen LogP contribution in [-0.2, 0) is 22.6 Å². The van der Waals surface area contributed by atoms with Crippen LogP contribution in [0.2, 0.25) is 0 Å². The van der Waals surface area contributed by atoms with Crippen molar-refractivity contribution in [3.8, 4) is 0 Å². The fourth-order valence-electron chi connectivity index (χ4n) is 3.92. The molecule has 3 amide bonds. The number of anilines is 1. The van der Waals surface area contributed by atoms with Crippen LogP contribution in [0.15, 0.2) is 48.5 Å². The molecule has 0 spiro atoms. The van der Waals surface area contributed by atoms with Crippen LogP contribution in [-0.4, -0.2) is 43.3 Å². The van der Waals surface area contributed by atoms with Gasteiger partial charge in [0.15, 0.2) is 0 Å². The maximum atomic E-state index is 12.9. The van der Waals surface area contributed by atoms with E-state index in [1.807, 2.05) is 24.3 Å². The maximum Gasteiger partial charge on any atom is 0.251 e. The molecule has 0 aliphatic carbocycles. The van der Waals surface area contributed by atoms with Crippen LogP contribution in [0.3, 0.4) is 0 Å². The topological polar surface area (TPSA) is 69.7 Å². The molecule has 1 saturated heterocycles. The number of carbonyl (C=O) groups is 3. The first-order chi connectivity index (χ1) is 14.9. The molecule has 0 radical (unpaired) electrons. The summed E-state index contributed by atoms with van der Waals surface area (Å²) in [4.78, 5) is 40.6. The van der Waals surface area contributed by atoms with E-state index < -0.39 is 0 Å². The third-order valence-corrected chi connectivity index (χ3v) is 5.78. The quantitative estimate of drug-likeness (QED) is 0.710. The van der Waals surface area contributed by atoms with Crippen molar-refractivity contribution in [3.05, 3.63) is 65.2 Å². The van der Waals surface area contributed by atoms with Crippen LogP contribution < -0.4 is 10.2 Å². The summed E-state index contributed by atoms with van der Waals surface area (Å²) in [5.41, 5.74) is 3.64. The number of unbranched alkanes of at least 4 members (excludes halogenated alkanes) is 1. The van der Waals surface area contributed by atoms with Crippen LogP contribution >= 0.6 is 0 Å². The molecule has 1 fully saturated rings. The molecular weight excluding hydrogens is 390 g/mol. The Morgan fingerprint density at radius 1 is 1.06 bits per heavy atom. The molecule has 3 rings (SSSR count). The Morgan fingerprint density at radius 2 is 1.71 bits per heavy atom. The summed E-state index contributed by atoms with van der Waals surface area (Å²) < 4.78 is 0. The predicted molar refractivity (Wildman–Crippen MR) is 122 cm³/mol. The van der Waals surface area contributed by atoms with Gasteiger partial charge in [0.1, 0.15) is 0 Å². The highest BCUT2D eigenvalue weighted by molar-refractivity contribution is 6.00. The van der Waals surface area contributed by atoms with Crippen molar-refractivity contribution in [2.75, 3.05) is 25.5 Å². The molecule has 1 unspecified atom stereocenters. The Hall–Kier alpha value is -3.15. The van der Waals surface area contributed by atoms with Gasteiger partial charge in [-0.25, -0.2) is 0 Å². The van der Waals surface area contributed by atoms with Crippen molar-refractivity contribution in [3.63, 3.8) is 0 Å². The van der Waals surface area contributed by atoms with Crippen LogP contribution in [0.5, 0.6) is 0 Å². The van der Waals surface area contributed by atoms with Gasteiger partial charge in [-0.05, 0) is 48.2 Å². The second-order valence-corrected chi connectivity index (χ2v) is 8.15. The van der Waals surface area contributed by atoms with Gasteiger partial charge in [0.2, 0.25) is 11.8 Å². The second kappa shape index (κ2) is 10.2. The van der Waals surface area contributed by atoms with Crippen molar-refractivity contribution in [1.82, 2.24) is 10.2 Å². The van der Waals surface area contributed by atoms with E-state index in [4.69, 9.17) is 0 Å². The molecule has 31 heavy (non-hydrogen) atoms. The van der Waals surface area contributed by atoms with Crippen LogP contribution in [0.25, 0.3) is 0 Å². The zero-order valence-corrected chi connectivity index (χ0v) is 18.6. The lowest BCUT2D eigenvalue weighted by molar-refractivity contribution is -0.135. The van der Waals surface area contributed by atoms with E-state index >= 15 is 0 Å². The summed E-state index contributed by atoms with van der Waals surface area (Å²) >= 11 is 0. The zero-order chi connectivity index (χ0) is 22.4. The summed E-state index contributed by atoms with van der Waals surface area (Å²) in [5, 5.41) is 2.59. The molecule has 164 valence electrons. The fourth-order valence-corrected chi connectivity index (χ4v) is 3.92. The normalized spacial score (nSPS) is 15.8. The minimum absolute atomic E-state index is 0.0111. The van der Waals surface area contributed by atoms with Crippen LogP contribution in [0.1, 0.15) is 47.7 Å². The Kier molecular flexibility index (Phi) is 7.45. The largest absolute Gasteiger partial charge is 0.355 e. The minimum Gasteiger partial charge on any atom is -0.355 e. The fraction of sp³-hybridized carbons (Fsp3) is 0.400. The van der Waals surface area contributed by atoms with Gasteiger partial charge < -0.3 is 15.1 Å². The SMILES string of the molecule is CCCCc1ccc(N2CC(C(=O)N(C)Cc3ccc(C(=O)NC)cc3)CC2=O)cc1. The van der Waals surface area contributed by atoms with Crippen molar-refractivity contribution < 1.29 is 14.4 Å². The zero-order valence-electron chi connectivity index (χ0n) is 18.6. The van der Waals surface area contributed by atoms with Gasteiger partial charge in [-0.3, -0.25) is 14.4 Å². The summed E-state index contributed by atoms with van der Waals surface area (Å²) in [5.74, 6) is -0.532. The monoisotopic (exact) mass is 421 g/mol. The third-order valence-electron chi connectivity index (χ3n) is 5.78. The standard InChI is InChI=1S/C25H31N3O3/c1-4-5-6-18-9-13-22(14-10-18)28-17-21(15-23(28)29)25(31)27(3)16-19-7-11-20(12-8-19)24(30)26-2/h7-14,21H,4-6,15-17H2,1-3H3,(H,26,30). The van der Waals surface area contributed by atoms with Gasteiger partial charge in [0.25, 0.3) is 5.91 Å². The molecule has 2 aromatic carbocycles. The predicted octanol–water partition coefficient (Wildman–Crippen LogP) is 3.40. The van der Waals surface area contributed by atoms with Gasteiger partial charge >= 0.3 is 0 Å². The molecule has 6 heteroatoms. The number of hydrogen-bond acceptors (Lipinski definition) is 3. The van der Waals surface area contributed by atoms with Crippen molar-refractivity contribution in [1.29, 1.82) is 0 Å². The van der Waals surface area contributed by atoms with Crippen LogP contribution in [0, 0.1) is 5.92 Å². The number of benzene rings is 2. The summed E-state index contributed by atoms with van der Waals surface area (Å²) in [6.45, 7) is 3.01. The molecule has 0 saturated carbocycles. The third kappa shape index (κ3) is 5.51. The summed E-state index contributed by atoms with van der Waals surface area (Å²) in [6, 6.07) is 15.3. The molecule has 1 atom stereocenters. The van der Waals surface area contributed by atoms with E-state index in [0.717, 1.165) is 30.5 Å². The Bertz CT molecular complexity index is 922. The maximum absolute atomic E-state index is 12.9. The lowest BCUT2D eigenvalue weighted by atomic mass is 10.1. The van der Waals surface area contributed by atoms with Crippen molar-refractivity contribution in [2.45, 2.75) is 39.2 Å². The average molecular weight is 422 g/mol. The lowest BCUT2D eigenvalue weighted by Gasteiger charge is -2.22. The second-order valence-electron chi connectivity index (χ2n) is 8.15. The van der Waals surface area contributed by atoms with Gasteiger partial charge in [-0.15, -0.1) is 0 Å². The van der Waals surface area contributed by atoms with Crippen molar-refractivity contribution >= 4 is 23.4 Å². The molecule has 6 nitrogen and oxygen atoms in total. The van der Waals surface area contributed by atoms with E-state index in [1.54, 1.807) is 36.0 Å². The first-order valence-electron chi connectivity index (χ1n) is 10.9. The van der Waals surface area contributed by atoms with E-state index in [0.29, 0.717) is 18.7 Å². The number of rotatable bonds is 8. The molecule has 1 N–H and O–H groups in total. The number of carbonyl (C=O) groups excluding carboxylic acids is 3. The highest BCUT2D eigenvalue weighted by Gasteiger charge is 2.36. The highest BCUT2D eigenvalue weighted by Crippen LogP contribution is 2.27. The van der Waals surface area contributed by atoms with Gasteiger partial charge in [-0.1, -0.05) is 37.6 Å². The van der Waals surface area contributed by atoms with Crippen LogP contribution in [0.4, 0.5) is 5.69 Å². The molecule has 1 aliphatic heterocycles. The number of aryl methyl sites for hydroxylation is 1. The molecule has 1 aliphatic rings. The molecule has 1 heterocycles. The average Bonchev–Trinajstić information content (AvgIpc) is 3.18. The molecular formula is C25H31N3O3. The first-order valence-corrected chi connectivity index (χ1v) is 10.9. The summed E-state index contributed by atoms with van der Waals surface area (Å²) in [6.07, 6.45) is 3.58. The minimum atomic E-state index is -0.345. The lowest BCUT2D eigenvalue weighted by Crippen LogP contribution is -2.34. The Balaban J connectivity index is 1.59. The number of nitrogens with zero attached hydrogens (tertiary/aromatic N) is 2. The Morgan fingerprint density at radius 3 is 2.32 bits per heavy atom. The molecule has 0 aromatic heterocycles. The van der Waals surface area contributed by atoms with E-state index in [9.17, 15) is 14.4 Å². The smallest absolute Gasteiger partial charge is 0.251 e. The van der Waals surface area contributed by atoms with Gasteiger partial charge in [0.05, 0.1) is 5.92 Å². The van der Waals surface area contributed by atoms with E-state index in [1.165, 1.54) is 5.56 Å². The highest BCUT2D eigenvalue weighted by atomic mass is 16.2.